The van der Waals surface area contributed by atoms with Crippen molar-refractivity contribution in [3.05, 3.63) is 27.6 Å². The molecule has 1 aromatic carbocycles. The van der Waals surface area contributed by atoms with Crippen molar-refractivity contribution in [2.45, 2.75) is 6.42 Å². The zero-order chi connectivity index (χ0) is 13.4. The zero-order valence-electron chi connectivity index (χ0n) is 10.1. The van der Waals surface area contributed by atoms with Crippen LogP contribution >= 0.6 is 22.6 Å². The minimum atomic E-state index is -0.291. The summed E-state index contributed by atoms with van der Waals surface area (Å²) in [7, 11) is 1.62. The van der Waals surface area contributed by atoms with Gasteiger partial charge in [0.2, 0.25) is 5.91 Å². The predicted octanol–water partition coefficient (Wildman–Crippen LogP) is 1.99. The van der Waals surface area contributed by atoms with Gasteiger partial charge < -0.3 is 15.4 Å². The van der Waals surface area contributed by atoms with E-state index < -0.39 is 0 Å². The molecule has 0 aliphatic carbocycles. The molecular formula is C12H16FIN2O2. The number of anilines is 1. The van der Waals surface area contributed by atoms with E-state index >= 15 is 0 Å². The number of nitrogens with one attached hydrogen (secondary N) is 2. The number of rotatable bonds is 7. The smallest absolute Gasteiger partial charge is 0.239 e. The van der Waals surface area contributed by atoms with Crippen LogP contribution in [0.1, 0.15) is 6.42 Å². The highest BCUT2D eigenvalue weighted by molar-refractivity contribution is 14.1. The van der Waals surface area contributed by atoms with Crippen molar-refractivity contribution in [3.8, 4) is 0 Å². The summed E-state index contributed by atoms with van der Waals surface area (Å²) in [6.07, 6.45) is 0.778. The summed E-state index contributed by atoms with van der Waals surface area (Å²) in [6, 6.07) is 4.73. The lowest BCUT2D eigenvalue weighted by Gasteiger charge is -2.09. The summed E-state index contributed by atoms with van der Waals surface area (Å²) in [5, 5.41) is 5.65. The average Bonchev–Trinajstić information content (AvgIpc) is 2.36. The molecule has 0 fully saturated rings. The maximum absolute atomic E-state index is 13.2. The second-order valence-corrected chi connectivity index (χ2v) is 4.73. The number of amides is 1. The minimum Gasteiger partial charge on any atom is -0.385 e. The van der Waals surface area contributed by atoms with Crippen LogP contribution in [0.15, 0.2) is 18.2 Å². The van der Waals surface area contributed by atoms with Gasteiger partial charge in [-0.1, -0.05) is 6.07 Å². The Kier molecular flexibility index (Phi) is 6.96. The lowest BCUT2D eigenvalue weighted by molar-refractivity contribution is -0.119. The first-order chi connectivity index (χ1) is 8.65. The largest absolute Gasteiger partial charge is 0.385 e. The maximum Gasteiger partial charge on any atom is 0.239 e. The summed E-state index contributed by atoms with van der Waals surface area (Å²) in [4.78, 5) is 11.5. The Hall–Kier alpha value is -0.890. The molecule has 0 aromatic heterocycles. The van der Waals surface area contributed by atoms with Crippen LogP contribution in [0.5, 0.6) is 0 Å². The molecule has 0 bridgehead atoms. The molecule has 18 heavy (non-hydrogen) atoms. The number of ether oxygens (including phenoxy) is 1. The van der Waals surface area contributed by atoms with E-state index in [0.717, 1.165) is 6.42 Å². The third kappa shape index (κ3) is 5.18. The Balaban J connectivity index is 2.32. The van der Waals surface area contributed by atoms with Gasteiger partial charge in [0.15, 0.2) is 0 Å². The van der Waals surface area contributed by atoms with Gasteiger partial charge >= 0.3 is 0 Å². The van der Waals surface area contributed by atoms with Crippen molar-refractivity contribution in [1.29, 1.82) is 0 Å². The molecule has 0 unspecified atom stereocenters. The molecule has 0 atom stereocenters. The maximum atomic E-state index is 13.2. The number of methoxy groups -OCH3 is 1. The SMILES string of the molecule is COCCCNC(=O)CNc1cccc(F)c1I. The van der Waals surface area contributed by atoms with Crippen molar-refractivity contribution in [1.82, 2.24) is 5.32 Å². The van der Waals surface area contributed by atoms with E-state index in [9.17, 15) is 9.18 Å². The highest BCUT2D eigenvalue weighted by Crippen LogP contribution is 2.20. The zero-order valence-corrected chi connectivity index (χ0v) is 12.3. The first-order valence-corrected chi connectivity index (χ1v) is 6.66. The molecule has 0 aliphatic rings. The molecule has 2 N–H and O–H groups in total. The second-order valence-electron chi connectivity index (χ2n) is 3.65. The van der Waals surface area contributed by atoms with Gasteiger partial charge in [0, 0.05) is 20.3 Å². The van der Waals surface area contributed by atoms with E-state index in [1.165, 1.54) is 6.07 Å². The first-order valence-electron chi connectivity index (χ1n) is 5.58. The van der Waals surface area contributed by atoms with Gasteiger partial charge in [-0.2, -0.15) is 0 Å². The van der Waals surface area contributed by atoms with Crippen LogP contribution in [0.25, 0.3) is 0 Å². The quantitative estimate of drug-likeness (QED) is 0.573. The van der Waals surface area contributed by atoms with Crippen LogP contribution < -0.4 is 10.6 Å². The molecule has 0 spiro atoms. The van der Waals surface area contributed by atoms with E-state index in [-0.39, 0.29) is 18.3 Å². The predicted molar refractivity (Wildman–Crippen MR) is 77.1 cm³/mol. The number of hydrogen-bond acceptors (Lipinski definition) is 3. The standard InChI is InChI=1S/C12H16FIN2O2/c1-18-7-3-6-15-11(17)8-16-10-5-2-4-9(13)12(10)14/h2,4-5,16H,3,6-8H2,1H3,(H,15,17). The number of carbonyl (C=O) groups is 1. The van der Waals surface area contributed by atoms with Gasteiger partial charge in [0.25, 0.3) is 0 Å². The van der Waals surface area contributed by atoms with Crippen LogP contribution in [0.3, 0.4) is 0 Å². The molecular weight excluding hydrogens is 350 g/mol. The van der Waals surface area contributed by atoms with Gasteiger partial charge in [0.05, 0.1) is 15.8 Å². The number of benzene rings is 1. The number of hydrogen-bond donors (Lipinski definition) is 2. The van der Waals surface area contributed by atoms with E-state index in [0.29, 0.717) is 22.4 Å². The molecule has 100 valence electrons. The molecule has 0 radical (unpaired) electrons. The average molecular weight is 366 g/mol. The van der Waals surface area contributed by atoms with Crippen molar-refractivity contribution in [3.63, 3.8) is 0 Å². The van der Waals surface area contributed by atoms with E-state index in [4.69, 9.17) is 4.74 Å². The fourth-order valence-corrected chi connectivity index (χ4v) is 1.87. The van der Waals surface area contributed by atoms with E-state index in [2.05, 4.69) is 10.6 Å². The summed E-state index contributed by atoms with van der Waals surface area (Å²) < 4.78 is 18.6. The fraction of sp³-hybridized carbons (Fsp3) is 0.417. The molecule has 4 nitrogen and oxygen atoms in total. The monoisotopic (exact) mass is 366 g/mol. The fourth-order valence-electron chi connectivity index (χ4n) is 1.32. The Morgan fingerprint density at radius 2 is 2.28 bits per heavy atom. The molecule has 1 aromatic rings. The Labute approximate surface area is 119 Å². The summed E-state index contributed by atoms with van der Waals surface area (Å²) in [5.74, 6) is -0.410. The molecule has 0 aliphatic heterocycles. The van der Waals surface area contributed by atoms with Crippen molar-refractivity contribution < 1.29 is 13.9 Å². The van der Waals surface area contributed by atoms with Gasteiger partial charge in [-0.3, -0.25) is 4.79 Å². The Morgan fingerprint density at radius 3 is 3.00 bits per heavy atom. The summed E-state index contributed by atoms with van der Waals surface area (Å²) in [6.45, 7) is 1.33. The van der Waals surface area contributed by atoms with Crippen LogP contribution in [0.2, 0.25) is 0 Å². The molecule has 0 saturated heterocycles. The normalized spacial score (nSPS) is 10.2. The third-order valence-electron chi connectivity index (χ3n) is 2.24. The third-order valence-corrected chi connectivity index (χ3v) is 3.33. The van der Waals surface area contributed by atoms with Gasteiger partial charge in [0.1, 0.15) is 5.82 Å². The van der Waals surface area contributed by atoms with Gasteiger partial charge in [-0.05, 0) is 41.1 Å². The van der Waals surface area contributed by atoms with Crippen LogP contribution in [-0.2, 0) is 9.53 Å². The Morgan fingerprint density at radius 1 is 1.50 bits per heavy atom. The molecule has 1 amide bonds. The van der Waals surface area contributed by atoms with Crippen LogP contribution in [-0.4, -0.2) is 32.7 Å². The van der Waals surface area contributed by atoms with Gasteiger partial charge in [-0.25, -0.2) is 4.39 Å². The highest BCUT2D eigenvalue weighted by atomic mass is 127. The van der Waals surface area contributed by atoms with Crippen LogP contribution in [0, 0.1) is 9.39 Å². The van der Waals surface area contributed by atoms with E-state index in [1.54, 1.807) is 19.2 Å². The van der Waals surface area contributed by atoms with E-state index in [1.807, 2.05) is 22.6 Å². The van der Waals surface area contributed by atoms with Crippen molar-refractivity contribution in [2.75, 3.05) is 32.1 Å². The highest BCUT2D eigenvalue weighted by Gasteiger charge is 2.06. The molecule has 0 heterocycles. The molecule has 6 heteroatoms. The lowest BCUT2D eigenvalue weighted by Crippen LogP contribution is -2.31. The second kappa shape index (κ2) is 8.25. The minimum absolute atomic E-state index is 0.119. The summed E-state index contributed by atoms with van der Waals surface area (Å²) in [5.41, 5.74) is 0.627. The van der Waals surface area contributed by atoms with Crippen molar-refractivity contribution in [2.24, 2.45) is 0 Å². The van der Waals surface area contributed by atoms with Crippen molar-refractivity contribution >= 4 is 34.2 Å². The molecule has 0 saturated carbocycles. The number of halogens is 2. The first kappa shape index (κ1) is 15.2. The lowest BCUT2D eigenvalue weighted by atomic mass is 10.3. The van der Waals surface area contributed by atoms with Gasteiger partial charge in [-0.15, -0.1) is 0 Å². The number of carbonyl (C=O) groups excluding carboxylic acids is 1. The van der Waals surface area contributed by atoms with Crippen LogP contribution in [0.4, 0.5) is 10.1 Å². The topological polar surface area (TPSA) is 50.4 Å². The summed E-state index contributed by atoms with van der Waals surface area (Å²) >= 11 is 1.91. The Bertz CT molecular complexity index is 402. The molecule has 1 rings (SSSR count).